The Labute approximate surface area is 191 Å². The highest BCUT2D eigenvalue weighted by molar-refractivity contribution is 7.99. The van der Waals surface area contributed by atoms with Crippen molar-refractivity contribution in [2.75, 3.05) is 24.8 Å². The molecule has 0 fully saturated rings. The van der Waals surface area contributed by atoms with Gasteiger partial charge in [0.05, 0.1) is 30.6 Å². The zero-order chi connectivity index (χ0) is 22.9. The van der Waals surface area contributed by atoms with E-state index in [0.717, 1.165) is 11.4 Å². The number of carbonyl (C=O) groups excluding carboxylic acids is 2. The number of nitrogens with one attached hydrogen (secondary N) is 1. The smallest absolute Gasteiger partial charge is 0.338 e. The van der Waals surface area contributed by atoms with Crippen molar-refractivity contribution < 1.29 is 19.1 Å². The van der Waals surface area contributed by atoms with Crippen LogP contribution in [0.25, 0.3) is 11.4 Å². The lowest BCUT2D eigenvalue weighted by Crippen LogP contribution is -2.15. The summed E-state index contributed by atoms with van der Waals surface area (Å²) in [6.45, 7) is 4.67. The molecule has 32 heavy (non-hydrogen) atoms. The fourth-order valence-electron chi connectivity index (χ4n) is 2.88. The van der Waals surface area contributed by atoms with E-state index in [2.05, 4.69) is 15.5 Å². The standard InChI is InChI=1S/C23H26N4O4S/c1-16(2)31-22(29)18-9-11-19(12-10-18)24-20(28)15-32-23-26-25-21(27(23)13-14-30-3)17-7-5-4-6-8-17/h4-12,16H,13-15H2,1-3H3,(H,24,28). The molecule has 0 aliphatic carbocycles. The number of carbonyl (C=O) groups is 2. The topological polar surface area (TPSA) is 95.3 Å². The predicted molar refractivity (Wildman–Crippen MR) is 124 cm³/mol. The Morgan fingerprint density at radius 3 is 2.44 bits per heavy atom. The van der Waals surface area contributed by atoms with Gasteiger partial charge in [0.25, 0.3) is 0 Å². The van der Waals surface area contributed by atoms with Crippen LogP contribution in [0.4, 0.5) is 5.69 Å². The van der Waals surface area contributed by atoms with Gasteiger partial charge in [-0.25, -0.2) is 4.79 Å². The van der Waals surface area contributed by atoms with Crippen LogP contribution in [0.3, 0.4) is 0 Å². The number of aromatic nitrogens is 3. The number of methoxy groups -OCH3 is 1. The van der Waals surface area contributed by atoms with Gasteiger partial charge < -0.3 is 14.8 Å². The number of hydrogen-bond donors (Lipinski definition) is 1. The summed E-state index contributed by atoms with van der Waals surface area (Å²) in [4.78, 5) is 24.4. The first kappa shape index (κ1) is 23.5. The van der Waals surface area contributed by atoms with Gasteiger partial charge in [0.1, 0.15) is 0 Å². The lowest BCUT2D eigenvalue weighted by molar-refractivity contribution is -0.113. The molecule has 0 spiro atoms. The maximum Gasteiger partial charge on any atom is 0.338 e. The molecular weight excluding hydrogens is 428 g/mol. The van der Waals surface area contributed by atoms with Gasteiger partial charge >= 0.3 is 5.97 Å². The summed E-state index contributed by atoms with van der Waals surface area (Å²) in [6, 6.07) is 16.4. The highest BCUT2D eigenvalue weighted by Gasteiger charge is 2.16. The minimum absolute atomic E-state index is 0.164. The molecule has 2 aromatic carbocycles. The normalized spacial score (nSPS) is 10.9. The number of anilines is 1. The van der Waals surface area contributed by atoms with E-state index in [0.29, 0.717) is 29.6 Å². The van der Waals surface area contributed by atoms with Crippen LogP contribution in [0.5, 0.6) is 0 Å². The fourth-order valence-corrected chi connectivity index (χ4v) is 3.64. The van der Waals surface area contributed by atoms with Crippen LogP contribution in [-0.2, 0) is 20.8 Å². The number of ether oxygens (including phenoxy) is 2. The van der Waals surface area contributed by atoms with Crippen LogP contribution in [0, 0.1) is 0 Å². The van der Waals surface area contributed by atoms with E-state index in [1.807, 2.05) is 34.9 Å². The monoisotopic (exact) mass is 454 g/mol. The summed E-state index contributed by atoms with van der Waals surface area (Å²) in [6.07, 6.45) is -0.188. The van der Waals surface area contributed by atoms with Crippen molar-refractivity contribution in [3.05, 3.63) is 60.2 Å². The van der Waals surface area contributed by atoms with Crippen LogP contribution in [0.1, 0.15) is 24.2 Å². The third-order valence-electron chi connectivity index (χ3n) is 4.35. The van der Waals surface area contributed by atoms with Crippen molar-refractivity contribution in [2.45, 2.75) is 31.7 Å². The molecule has 0 radical (unpaired) electrons. The highest BCUT2D eigenvalue weighted by atomic mass is 32.2. The molecule has 0 saturated heterocycles. The molecule has 9 heteroatoms. The molecule has 3 rings (SSSR count). The average molecular weight is 455 g/mol. The number of rotatable bonds is 10. The van der Waals surface area contributed by atoms with E-state index in [-0.39, 0.29) is 17.8 Å². The summed E-state index contributed by atoms with van der Waals surface area (Å²) in [5, 5.41) is 12.0. The van der Waals surface area contributed by atoms with E-state index in [4.69, 9.17) is 9.47 Å². The van der Waals surface area contributed by atoms with Crippen LogP contribution in [0.15, 0.2) is 59.8 Å². The van der Waals surface area contributed by atoms with Crippen LogP contribution in [-0.4, -0.2) is 52.2 Å². The largest absolute Gasteiger partial charge is 0.459 e. The minimum atomic E-state index is -0.391. The Balaban J connectivity index is 1.62. The van der Waals surface area contributed by atoms with E-state index in [1.54, 1.807) is 45.2 Å². The van der Waals surface area contributed by atoms with Gasteiger partial charge in [-0.2, -0.15) is 0 Å². The van der Waals surface area contributed by atoms with Gasteiger partial charge in [0.2, 0.25) is 5.91 Å². The SMILES string of the molecule is COCCn1c(SCC(=O)Nc2ccc(C(=O)OC(C)C)cc2)nnc1-c1ccccc1. The Bertz CT molecular complexity index is 1040. The Morgan fingerprint density at radius 2 is 1.78 bits per heavy atom. The summed E-state index contributed by atoms with van der Waals surface area (Å²) >= 11 is 1.30. The molecule has 8 nitrogen and oxygen atoms in total. The molecule has 0 aliphatic heterocycles. The first-order valence-electron chi connectivity index (χ1n) is 10.2. The number of nitrogens with zero attached hydrogens (tertiary/aromatic N) is 3. The second-order valence-electron chi connectivity index (χ2n) is 7.18. The Hall–Kier alpha value is -3.17. The molecule has 1 N–H and O–H groups in total. The number of esters is 1. The van der Waals surface area contributed by atoms with Crippen molar-refractivity contribution in [2.24, 2.45) is 0 Å². The number of amides is 1. The molecule has 0 atom stereocenters. The molecule has 0 saturated carbocycles. The number of hydrogen-bond acceptors (Lipinski definition) is 7. The van der Waals surface area contributed by atoms with Crippen molar-refractivity contribution in [3.8, 4) is 11.4 Å². The van der Waals surface area contributed by atoms with Gasteiger partial charge in [0.15, 0.2) is 11.0 Å². The molecular formula is C23H26N4O4S. The molecule has 0 bridgehead atoms. The Morgan fingerprint density at radius 1 is 1.06 bits per heavy atom. The van der Waals surface area contributed by atoms with Gasteiger partial charge in [-0.3, -0.25) is 9.36 Å². The molecule has 1 heterocycles. The summed E-state index contributed by atoms with van der Waals surface area (Å²) in [7, 11) is 1.64. The quantitative estimate of drug-likeness (QED) is 0.367. The van der Waals surface area contributed by atoms with Crippen molar-refractivity contribution >= 4 is 29.3 Å². The number of thioether (sulfide) groups is 1. The predicted octanol–water partition coefficient (Wildman–Crippen LogP) is 3.89. The molecule has 3 aromatic rings. The van der Waals surface area contributed by atoms with Crippen molar-refractivity contribution in [1.82, 2.24) is 14.8 Å². The van der Waals surface area contributed by atoms with Crippen LogP contribution in [0.2, 0.25) is 0 Å². The maximum absolute atomic E-state index is 12.4. The van der Waals surface area contributed by atoms with Crippen molar-refractivity contribution in [3.63, 3.8) is 0 Å². The maximum atomic E-state index is 12.4. The second-order valence-corrected chi connectivity index (χ2v) is 8.13. The fraction of sp³-hybridized carbons (Fsp3) is 0.304. The van der Waals surface area contributed by atoms with Crippen molar-refractivity contribution in [1.29, 1.82) is 0 Å². The molecule has 0 aliphatic rings. The zero-order valence-electron chi connectivity index (χ0n) is 18.3. The van der Waals surface area contributed by atoms with Gasteiger partial charge in [0, 0.05) is 18.4 Å². The zero-order valence-corrected chi connectivity index (χ0v) is 19.1. The van der Waals surface area contributed by atoms with E-state index < -0.39 is 5.97 Å². The third-order valence-corrected chi connectivity index (χ3v) is 5.31. The van der Waals surface area contributed by atoms with Gasteiger partial charge in [-0.05, 0) is 38.1 Å². The molecule has 1 aromatic heterocycles. The molecule has 168 valence electrons. The minimum Gasteiger partial charge on any atom is -0.459 e. The first-order chi connectivity index (χ1) is 15.5. The van der Waals surface area contributed by atoms with Gasteiger partial charge in [-0.1, -0.05) is 42.1 Å². The lowest BCUT2D eigenvalue weighted by atomic mass is 10.2. The van der Waals surface area contributed by atoms with Gasteiger partial charge in [-0.15, -0.1) is 10.2 Å². The lowest BCUT2D eigenvalue weighted by Gasteiger charge is -2.10. The van der Waals surface area contributed by atoms with E-state index in [9.17, 15) is 9.59 Å². The van der Waals surface area contributed by atoms with Crippen LogP contribution >= 0.6 is 11.8 Å². The highest BCUT2D eigenvalue weighted by Crippen LogP contribution is 2.24. The molecule has 0 unspecified atom stereocenters. The average Bonchev–Trinajstić information content (AvgIpc) is 3.19. The number of benzene rings is 2. The first-order valence-corrected chi connectivity index (χ1v) is 11.2. The van der Waals surface area contributed by atoms with E-state index >= 15 is 0 Å². The van der Waals surface area contributed by atoms with Crippen LogP contribution < -0.4 is 5.32 Å². The Kier molecular flexibility index (Phi) is 8.41. The second kappa shape index (κ2) is 11.4. The van der Waals surface area contributed by atoms with E-state index in [1.165, 1.54) is 11.8 Å². The molecule has 1 amide bonds. The third kappa shape index (κ3) is 6.41. The summed E-state index contributed by atoms with van der Waals surface area (Å²) < 4.78 is 12.3. The summed E-state index contributed by atoms with van der Waals surface area (Å²) in [5.41, 5.74) is 1.98. The summed E-state index contributed by atoms with van der Waals surface area (Å²) in [5.74, 6) is 0.319.